The van der Waals surface area contributed by atoms with Gasteiger partial charge in [-0.05, 0) is 17.7 Å². The van der Waals surface area contributed by atoms with E-state index in [1.807, 2.05) is 31.2 Å². The van der Waals surface area contributed by atoms with E-state index >= 15 is 0 Å². The van der Waals surface area contributed by atoms with Crippen molar-refractivity contribution in [2.75, 3.05) is 5.73 Å². The van der Waals surface area contributed by atoms with Crippen LogP contribution in [0.5, 0.6) is 0 Å². The van der Waals surface area contributed by atoms with Gasteiger partial charge in [0.25, 0.3) is 0 Å². The van der Waals surface area contributed by atoms with Crippen LogP contribution in [0, 0.1) is 0 Å². The minimum atomic E-state index is 0.272. The molecule has 0 fully saturated rings. The van der Waals surface area contributed by atoms with E-state index in [2.05, 4.69) is 15.0 Å². The molecule has 0 saturated heterocycles. The number of aryl methyl sites for hydroxylation is 1. The second-order valence-electron chi connectivity index (χ2n) is 3.69. The molecule has 0 bridgehead atoms. The summed E-state index contributed by atoms with van der Waals surface area (Å²) in [5.41, 5.74) is 6.69. The van der Waals surface area contributed by atoms with Crippen molar-refractivity contribution in [1.82, 2.24) is 15.0 Å². The van der Waals surface area contributed by atoms with Crippen LogP contribution in [0.2, 0.25) is 5.02 Å². The van der Waals surface area contributed by atoms with E-state index < -0.39 is 0 Å². The number of nitrogens with two attached hydrogens (primary N) is 1. The maximum atomic E-state index is 5.92. The molecule has 0 spiro atoms. The molecule has 0 aliphatic rings. The molecule has 5 heteroatoms. The predicted octanol–water partition coefficient (Wildman–Crippen LogP) is 2.26. The van der Waals surface area contributed by atoms with E-state index in [0.717, 1.165) is 17.8 Å². The fourth-order valence-corrected chi connectivity index (χ4v) is 1.77. The third kappa shape index (κ3) is 3.14. The van der Waals surface area contributed by atoms with Crippen molar-refractivity contribution in [3.63, 3.8) is 0 Å². The number of benzene rings is 1. The van der Waals surface area contributed by atoms with Crippen LogP contribution in [0.1, 0.15) is 24.1 Å². The van der Waals surface area contributed by atoms with Crippen LogP contribution in [0.15, 0.2) is 24.3 Å². The zero-order valence-electron chi connectivity index (χ0n) is 9.52. The van der Waals surface area contributed by atoms with Crippen LogP contribution >= 0.6 is 11.6 Å². The average Bonchev–Trinajstić information content (AvgIpc) is 2.28. The fourth-order valence-electron chi connectivity index (χ4n) is 1.56. The quantitative estimate of drug-likeness (QED) is 0.905. The Kier molecular flexibility index (Phi) is 3.54. The highest BCUT2D eigenvalue weighted by Gasteiger charge is 2.04. The molecule has 2 N–H and O–H groups in total. The van der Waals surface area contributed by atoms with Crippen molar-refractivity contribution in [2.24, 2.45) is 0 Å². The Morgan fingerprint density at radius 3 is 2.65 bits per heavy atom. The van der Waals surface area contributed by atoms with Crippen molar-refractivity contribution in [3.05, 3.63) is 46.5 Å². The molecule has 2 rings (SSSR count). The summed E-state index contributed by atoms with van der Waals surface area (Å²) in [5, 5.41) is 0.709. The largest absolute Gasteiger partial charge is 0.368 e. The lowest BCUT2D eigenvalue weighted by Crippen LogP contribution is -2.07. The Bertz CT molecular complexity index is 528. The number of anilines is 1. The summed E-state index contributed by atoms with van der Waals surface area (Å²) in [6.45, 7) is 1.98. The van der Waals surface area contributed by atoms with Crippen LogP contribution in [0.25, 0.3) is 0 Å². The summed E-state index contributed by atoms with van der Waals surface area (Å²) in [4.78, 5) is 12.5. The zero-order valence-corrected chi connectivity index (χ0v) is 10.3. The molecule has 0 radical (unpaired) electrons. The van der Waals surface area contributed by atoms with Crippen molar-refractivity contribution in [3.8, 4) is 0 Å². The lowest BCUT2D eigenvalue weighted by molar-refractivity contribution is 0.846. The molecule has 0 unspecified atom stereocenters. The van der Waals surface area contributed by atoms with E-state index in [9.17, 15) is 0 Å². The summed E-state index contributed by atoms with van der Waals surface area (Å²) in [5.74, 6) is 1.67. The average molecular weight is 249 g/mol. The van der Waals surface area contributed by atoms with E-state index in [1.165, 1.54) is 0 Å². The Morgan fingerprint density at radius 1 is 1.18 bits per heavy atom. The lowest BCUT2D eigenvalue weighted by Gasteiger charge is -2.04. The van der Waals surface area contributed by atoms with Crippen molar-refractivity contribution in [2.45, 2.75) is 19.8 Å². The molecule has 1 aromatic carbocycles. The third-order valence-electron chi connectivity index (χ3n) is 2.31. The van der Waals surface area contributed by atoms with Crippen LogP contribution in [0.4, 0.5) is 5.95 Å². The topological polar surface area (TPSA) is 64.7 Å². The van der Waals surface area contributed by atoms with Crippen LogP contribution < -0.4 is 5.73 Å². The van der Waals surface area contributed by atoms with Crippen molar-refractivity contribution >= 4 is 17.5 Å². The van der Waals surface area contributed by atoms with Crippen molar-refractivity contribution in [1.29, 1.82) is 0 Å². The maximum absolute atomic E-state index is 5.92. The summed E-state index contributed by atoms with van der Waals surface area (Å²) < 4.78 is 0. The summed E-state index contributed by atoms with van der Waals surface area (Å²) in [7, 11) is 0. The van der Waals surface area contributed by atoms with Gasteiger partial charge < -0.3 is 5.73 Å². The smallest absolute Gasteiger partial charge is 0.223 e. The standard InChI is InChI=1S/C12H13ClN4/c1-2-10-15-11(17-12(14)16-10)7-8-4-3-5-9(13)6-8/h3-6H,2,7H2,1H3,(H2,14,15,16,17). The van der Waals surface area contributed by atoms with Gasteiger partial charge in [0.2, 0.25) is 5.95 Å². The number of hydrogen-bond acceptors (Lipinski definition) is 4. The second-order valence-corrected chi connectivity index (χ2v) is 4.12. The normalized spacial score (nSPS) is 10.5. The highest BCUT2D eigenvalue weighted by molar-refractivity contribution is 6.30. The van der Waals surface area contributed by atoms with E-state index in [4.69, 9.17) is 17.3 Å². The van der Waals surface area contributed by atoms with Gasteiger partial charge in [-0.15, -0.1) is 0 Å². The molecule has 0 aliphatic carbocycles. The molecule has 1 aromatic heterocycles. The lowest BCUT2D eigenvalue weighted by atomic mass is 10.1. The number of hydrogen-bond donors (Lipinski definition) is 1. The van der Waals surface area contributed by atoms with Crippen LogP contribution in [0.3, 0.4) is 0 Å². The Balaban J connectivity index is 2.26. The minimum absolute atomic E-state index is 0.272. The van der Waals surface area contributed by atoms with Gasteiger partial charge in [0.05, 0.1) is 0 Å². The number of nitrogen functional groups attached to an aromatic ring is 1. The number of nitrogens with zero attached hydrogens (tertiary/aromatic N) is 3. The summed E-state index contributed by atoms with van der Waals surface area (Å²) in [6, 6.07) is 7.62. The molecule has 4 nitrogen and oxygen atoms in total. The van der Waals surface area contributed by atoms with Gasteiger partial charge in [0, 0.05) is 17.9 Å². The first-order valence-electron chi connectivity index (χ1n) is 5.41. The second kappa shape index (κ2) is 5.10. The third-order valence-corrected chi connectivity index (χ3v) is 2.55. The molecule has 0 atom stereocenters. The van der Waals surface area contributed by atoms with Gasteiger partial charge in [-0.1, -0.05) is 30.7 Å². The van der Waals surface area contributed by atoms with Gasteiger partial charge in [-0.3, -0.25) is 0 Å². The van der Waals surface area contributed by atoms with Crippen molar-refractivity contribution < 1.29 is 0 Å². The fraction of sp³-hybridized carbons (Fsp3) is 0.250. The summed E-state index contributed by atoms with van der Waals surface area (Å²) >= 11 is 5.92. The number of rotatable bonds is 3. The Labute approximate surface area is 105 Å². The molecule has 1 heterocycles. The highest BCUT2D eigenvalue weighted by atomic mass is 35.5. The molecule has 0 amide bonds. The Hall–Kier alpha value is -1.68. The first-order valence-corrected chi connectivity index (χ1v) is 5.79. The van der Waals surface area contributed by atoms with E-state index in [-0.39, 0.29) is 5.95 Å². The number of halogens is 1. The molecule has 88 valence electrons. The Morgan fingerprint density at radius 2 is 1.94 bits per heavy atom. The maximum Gasteiger partial charge on any atom is 0.223 e. The minimum Gasteiger partial charge on any atom is -0.368 e. The molecule has 0 aliphatic heterocycles. The monoisotopic (exact) mass is 248 g/mol. The van der Waals surface area contributed by atoms with Crippen LogP contribution in [-0.2, 0) is 12.8 Å². The van der Waals surface area contributed by atoms with Gasteiger partial charge >= 0.3 is 0 Å². The first kappa shape index (κ1) is 11.8. The molecule has 0 saturated carbocycles. The van der Waals surface area contributed by atoms with E-state index in [1.54, 1.807) is 0 Å². The highest BCUT2D eigenvalue weighted by Crippen LogP contribution is 2.13. The van der Waals surface area contributed by atoms with Gasteiger partial charge in [0.1, 0.15) is 11.6 Å². The molecule has 2 aromatic rings. The zero-order chi connectivity index (χ0) is 12.3. The van der Waals surface area contributed by atoms with Gasteiger partial charge in [0.15, 0.2) is 0 Å². The van der Waals surface area contributed by atoms with Gasteiger partial charge in [-0.25, -0.2) is 4.98 Å². The number of aromatic nitrogens is 3. The SMILES string of the molecule is CCc1nc(N)nc(Cc2cccc(Cl)c2)n1. The predicted molar refractivity (Wildman–Crippen MR) is 67.9 cm³/mol. The molecule has 17 heavy (non-hydrogen) atoms. The van der Waals surface area contributed by atoms with Crippen LogP contribution in [-0.4, -0.2) is 15.0 Å². The first-order chi connectivity index (χ1) is 8.17. The van der Waals surface area contributed by atoms with Gasteiger partial charge in [-0.2, -0.15) is 9.97 Å². The summed E-state index contributed by atoms with van der Waals surface area (Å²) in [6.07, 6.45) is 1.36. The molecular formula is C12H13ClN4. The molecular weight excluding hydrogens is 236 g/mol. The van der Waals surface area contributed by atoms with E-state index in [0.29, 0.717) is 17.3 Å².